The second kappa shape index (κ2) is 11.6. The highest BCUT2D eigenvalue weighted by atomic mass is 35.5. The number of carbonyl (C=O) groups excluding carboxylic acids is 1. The van der Waals surface area contributed by atoms with Gasteiger partial charge in [0.15, 0.2) is 18.1 Å². The van der Waals surface area contributed by atoms with Crippen LogP contribution in [-0.4, -0.2) is 41.6 Å². The summed E-state index contributed by atoms with van der Waals surface area (Å²) in [4.78, 5) is 25.1. The van der Waals surface area contributed by atoms with E-state index in [1.54, 1.807) is 47.4 Å². The Bertz CT molecular complexity index is 970. The zero-order chi connectivity index (χ0) is 23.0. The molecule has 2 aromatic rings. The smallest absolute Gasteiger partial charge is 0.341 e. The fraction of sp³-hybridized carbons (Fsp3) is 0.304. The minimum Gasteiger partial charge on any atom is -0.485 e. The van der Waals surface area contributed by atoms with E-state index in [-0.39, 0.29) is 18.3 Å². The van der Waals surface area contributed by atoms with Crippen molar-refractivity contribution in [2.24, 2.45) is 0 Å². The molecule has 0 aliphatic rings. The van der Waals surface area contributed by atoms with Crippen molar-refractivity contribution < 1.29 is 24.2 Å². The molecule has 0 fully saturated rings. The molecular formula is C23H25Cl2NO5. The summed E-state index contributed by atoms with van der Waals surface area (Å²) in [6, 6.07) is 10.2. The molecule has 6 nitrogen and oxygen atoms in total. The van der Waals surface area contributed by atoms with E-state index in [0.717, 1.165) is 5.57 Å². The van der Waals surface area contributed by atoms with E-state index in [9.17, 15) is 9.59 Å². The first kappa shape index (κ1) is 24.6. The quantitative estimate of drug-likeness (QED) is 0.481. The van der Waals surface area contributed by atoms with Gasteiger partial charge in [-0.05, 0) is 62.2 Å². The van der Waals surface area contributed by atoms with E-state index >= 15 is 0 Å². The number of hydrogen-bond acceptors (Lipinski definition) is 4. The highest BCUT2D eigenvalue weighted by Crippen LogP contribution is 2.32. The van der Waals surface area contributed by atoms with Crippen LogP contribution in [0.2, 0.25) is 10.0 Å². The Hall–Kier alpha value is -2.70. The number of ether oxygens (including phenoxy) is 2. The van der Waals surface area contributed by atoms with E-state index in [4.69, 9.17) is 37.8 Å². The summed E-state index contributed by atoms with van der Waals surface area (Å²) < 4.78 is 11.2. The number of amides is 1. The van der Waals surface area contributed by atoms with Crippen LogP contribution >= 0.6 is 23.2 Å². The predicted octanol–water partition coefficient (Wildman–Crippen LogP) is 5.31. The summed E-state index contributed by atoms with van der Waals surface area (Å²) in [6.45, 7) is 6.47. The Kier molecular flexibility index (Phi) is 9.21. The second-order valence-electron chi connectivity index (χ2n) is 6.71. The molecule has 1 N–H and O–H groups in total. The molecule has 0 saturated heterocycles. The highest BCUT2D eigenvalue weighted by Gasteiger charge is 2.13. The lowest BCUT2D eigenvalue weighted by Crippen LogP contribution is -2.28. The average Bonchev–Trinajstić information content (AvgIpc) is 2.73. The minimum atomic E-state index is -1.11. The molecule has 31 heavy (non-hydrogen) atoms. The van der Waals surface area contributed by atoms with Crippen molar-refractivity contribution in [1.29, 1.82) is 0 Å². The van der Waals surface area contributed by atoms with Crippen molar-refractivity contribution >= 4 is 40.7 Å². The largest absolute Gasteiger partial charge is 0.485 e. The van der Waals surface area contributed by atoms with E-state index in [1.807, 2.05) is 20.8 Å². The molecule has 0 unspecified atom stereocenters. The molecule has 0 bridgehead atoms. The monoisotopic (exact) mass is 465 g/mol. The molecule has 2 aromatic carbocycles. The Morgan fingerprint density at radius 1 is 1.03 bits per heavy atom. The Morgan fingerprint density at radius 3 is 2.39 bits per heavy atom. The van der Waals surface area contributed by atoms with Crippen LogP contribution in [0.4, 0.5) is 0 Å². The third-order valence-corrected chi connectivity index (χ3v) is 5.16. The molecular weight excluding hydrogens is 441 g/mol. The number of rotatable bonds is 10. The number of allylic oxidation sites excluding steroid dienone is 1. The van der Waals surface area contributed by atoms with Crippen molar-refractivity contribution in [1.82, 2.24) is 4.90 Å². The van der Waals surface area contributed by atoms with Crippen LogP contribution in [0.5, 0.6) is 11.5 Å². The van der Waals surface area contributed by atoms with Gasteiger partial charge < -0.3 is 19.5 Å². The molecule has 166 valence electrons. The van der Waals surface area contributed by atoms with E-state index in [2.05, 4.69) is 0 Å². The molecule has 0 atom stereocenters. The molecule has 2 rings (SSSR count). The van der Waals surface area contributed by atoms with Gasteiger partial charge in [-0.15, -0.1) is 0 Å². The minimum absolute atomic E-state index is 0.0913. The molecule has 0 heterocycles. The summed E-state index contributed by atoms with van der Waals surface area (Å²) in [7, 11) is 0. The van der Waals surface area contributed by atoms with Gasteiger partial charge in [-0.3, -0.25) is 4.79 Å². The molecule has 0 saturated carbocycles. The molecule has 0 spiro atoms. The zero-order valence-electron chi connectivity index (χ0n) is 17.7. The summed E-state index contributed by atoms with van der Waals surface area (Å²) in [5, 5.41) is 10.0. The van der Waals surface area contributed by atoms with Crippen LogP contribution in [0.1, 0.15) is 31.9 Å². The predicted molar refractivity (Wildman–Crippen MR) is 122 cm³/mol. The van der Waals surface area contributed by atoms with Crippen LogP contribution in [0.25, 0.3) is 5.57 Å². The number of benzene rings is 2. The summed E-state index contributed by atoms with van der Waals surface area (Å²) >= 11 is 12.2. The lowest BCUT2D eigenvalue weighted by Gasteiger charge is -2.17. The Morgan fingerprint density at radius 2 is 1.74 bits per heavy atom. The topological polar surface area (TPSA) is 76.1 Å². The van der Waals surface area contributed by atoms with Crippen LogP contribution in [0, 0.1) is 0 Å². The molecule has 0 aromatic heterocycles. The fourth-order valence-electron chi connectivity index (χ4n) is 2.83. The highest BCUT2D eigenvalue weighted by molar-refractivity contribution is 6.33. The Labute approximate surface area is 192 Å². The number of hydrogen-bond donors (Lipinski definition) is 1. The van der Waals surface area contributed by atoms with Gasteiger partial charge in [0.1, 0.15) is 6.61 Å². The van der Waals surface area contributed by atoms with E-state index < -0.39 is 12.6 Å². The molecule has 0 radical (unpaired) electrons. The lowest BCUT2D eigenvalue weighted by atomic mass is 10.1. The van der Waals surface area contributed by atoms with E-state index in [1.165, 1.54) is 0 Å². The van der Waals surface area contributed by atoms with Gasteiger partial charge in [0.2, 0.25) is 5.91 Å². The van der Waals surface area contributed by atoms with E-state index in [0.29, 0.717) is 40.0 Å². The molecule has 0 aliphatic heterocycles. The first-order valence-electron chi connectivity index (χ1n) is 9.78. The van der Waals surface area contributed by atoms with Crippen molar-refractivity contribution in [2.45, 2.75) is 27.4 Å². The van der Waals surface area contributed by atoms with Crippen molar-refractivity contribution in [2.75, 3.05) is 19.7 Å². The molecule has 8 heteroatoms. The maximum absolute atomic E-state index is 12.4. The summed E-state index contributed by atoms with van der Waals surface area (Å²) in [6.07, 6.45) is 1.55. The van der Waals surface area contributed by atoms with Crippen LogP contribution < -0.4 is 9.47 Å². The van der Waals surface area contributed by atoms with Crippen LogP contribution in [0.3, 0.4) is 0 Å². The zero-order valence-corrected chi connectivity index (χ0v) is 19.2. The maximum Gasteiger partial charge on any atom is 0.341 e. The number of likely N-dealkylation sites (N-methyl/N-ethyl adjacent to an activating group) is 1. The van der Waals surface area contributed by atoms with Crippen LogP contribution in [-0.2, 0) is 16.2 Å². The first-order chi connectivity index (χ1) is 14.7. The van der Waals surface area contributed by atoms with Crippen molar-refractivity contribution in [3.05, 3.63) is 63.6 Å². The third kappa shape index (κ3) is 7.19. The maximum atomic E-state index is 12.4. The average molecular weight is 466 g/mol. The third-order valence-electron chi connectivity index (χ3n) is 4.56. The second-order valence-corrected chi connectivity index (χ2v) is 7.55. The van der Waals surface area contributed by atoms with Gasteiger partial charge in [0.05, 0.1) is 0 Å². The van der Waals surface area contributed by atoms with Crippen LogP contribution in [0.15, 0.2) is 42.5 Å². The number of carboxylic acid groups (broad SMARTS) is 1. The lowest BCUT2D eigenvalue weighted by molar-refractivity contribution is -0.139. The number of carboxylic acids is 1. The molecule has 0 aliphatic carbocycles. The molecule has 1 amide bonds. The van der Waals surface area contributed by atoms with Crippen molar-refractivity contribution in [3.8, 4) is 11.5 Å². The van der Waals surface area contributed by atoms with Gasteiger partial charge in [-0.25, -0.2) is 4.79 Å². The fourth-order valence-corrected chi connectivity index (χ4v) is 3.20. The van der Waals surface area contributed by atoms with Gasteiger partial charge in [-0.1, -0.05) is 29.3 Å². The normalized spacial score (nSPS) is 11.2. The van der Waals surface area contributed by atoms with Gasteiger partial charge in [0, 0.05) is 34.8 Å². The van der Waals surface area contributed by atoms with Gasteiger partial charge in [0.25, 0.3) is 0 Å². The number of aliphatic carboxylic acids is 1. The van der Waals surface area contributed by atoms with Gasteiger partial charge >= 0.3 is 5.97 Å². The SMILES string of the molecule is CCN(CC)C(=O)/C=C(/C)c1ccc(OCc2cc(Cl)ccc2Cl)c(OCC(=O)O)c1. The number of halogens is 2. The Balaban J connectivity index is 2.29. The summed E-state index contributed by atoms with van der Waals surface area (Å²) in [5.74, 6) is -0.602. The van der Waals surface area contributed by atoms with Gasteiger partial charge in [-0.2, -0.15) is 0 Å². The number of nitrogens with zero attached hydrogens (tertiary/aromatic N) is 1. The first-order valence-corrected chi connectivity index (χ1v) is 10.5. The summed E-state index contributed by atoms with van der Waals surface area (Å²) in [5.41, 5.74) is 2.12. The standard InChI is InChI=1S/C23H25Cl2NO5/c1-4-26(5-2)22(27)10-15(3)16-6-9-20(21(12-16)31-14-23(28)29)30-13-17-11-18(24)7-8-19(17)25/h6-12H,4-5,13-14H2,1-3H3,(H,28,29)/b15-10-. The van der Waals surface area contributed by atoms with Crippen molar-refractivity contribution in [3.63, 3.8) is 0 Å². The number of carbonyl (C=O) groups is 2.